The Kier molecular flexibility index (Phi) is 3.95. The Balaban J connectivity index is 2.28. The van der Waals surface area contributed by atoms with Crippen LogP contribution < -0.4 is 0 Å². The van der Waals surface area contributed by atoms with Crippen molar-refractivity contribution in [3.63, 3.8) is 0 Å². The van der Waals surface area contributed by atoms with Gasteiger partial charge in [-0.05, 0) is 23.6 Å². The SMILES string of the molecule is O=C(O)C(Cc1ccncc1Cl)c1ccccc1. The second-order valence-electron chi connectivity index (χ2n) is 3.97. The van der Waals surface area contributed by atoms with E-state index in [1.165, 1.54) is 6.20 Å². The smallest absolute Gasteiger partial charge is 0.311 e. The van der Waals surface area contributed by atoms with Crippen LogP contribution in [0.2, 0.25) is 5.02 Å². The van der Waals surface area contributed by atoms with E-state index in [9.17, 15) is 9.90 Å². The summed E-state index contributed by atoms with van der Waals surface area (Å²) in [6.07, 6.45) is 3.51. The van der Waals surface area contributed by atoms with E-state index >= 15 is 0 Å². The number of carboxylic acid groups (broad SMARTS) is 1. The third-order valence-electron chi connectivity index (χ3n) is 2.78. The molecule has 4 heteroatoms. The summed E-state index contributed by atoms with van der Waals surface area (Å²) in [6.45, 7) is 0. The molecule has 0 saturated carbocycles. The Morgan fingerprint density at radius 2 is 2.00 bits per heavy atom. The van der Waals surface area contributed by atoms with E-state index in [2.05, 4.69) is 4.98 Å². The van der Waals surface area contributed by atoms with Crippen molar-refractivity contribution in [1.82, 2.24) is 4.98 Å². The van der Waals surface area contributed by atoms with Crippen molar-refractivity contribution in [1.29, 1.82) is 0 Å². The highest BCUT2D eigenvalue weighted by molar-refractivity contribution is 6.31. The minimum Gasteiger partial charge on any atom is -0.481 e. The molecule has 2 rings (SSSR count). The van der Waals surface area contributed by atoms with E-state index in [-0.39, 0.29) is 0 Å². The van der Waals surface area contributed by atoms with Crippen molar-refractivity contribution >= 4 is 17.6 Å². The number of benzene rings is 1. The summed E-state index contributed by atoms with van der Waals surface area (Å²) in [5.74, 6) is -1.44. The molecule has 1 aromatic heterocycles. The van der Waals surface area contributed by atoms with Gasteiger partial charge in [-0.1, -0.05) is 41.9 Å². The number of aliphatic carboxylic acids is 1. The van der Waals surface area contributed by atoms with Gasteiger partial charge in [-0.15, -0.1) is 0 Å². The Labute approximate surface area is 110 Å². The average molecular weight is 262 g/mol. The maximum Gasteiger partial charge on any atom is 0.311 e. The van der Waals surface area contributed by atoms with E-state index in [4.69, 9.17) is 11.6 Å². The number of hydrogen-bond donors (Lipinski definition) is 1. The summed E-state index contributed by atoms with van der Waals surface area (Å²) in [7, 11) is 0. The van der Waals surface area contributed by atoms with E-state index in [1.54, 1.807) is 12.3 Å². The van der Waals surface area contributed by atoms with E-state index in [0.717, 1.165) is 11.1 Å². The van der Waals surface area contributed by atoms with Gasteiger partial charge in [-0.25, -0.2) is 0 Å². The first-order valence-electron chi connectivity index (χ1n) is 5.54. The highest BCUT2D eigenvalue weighted by atomic mass is 35.5. The zero-order valence-electron chi connectivity index (χ0n) is 9.58. The average Bonchev–Trinajstić information content (AvgIpc) is 2.38. The first-order valence-corrected chi connectivity index (χ1v) is 5.92. The van der Waals surface area contributed by atoms with Crippen LogP contribution >= 0.6 is 11.6 Å². The van der Waals surface area contributed by atoms with E-state index in [0.29, 0.717) is 11.4 Å². The number of carboxylic acids is 1. The minimum atomic E-state index is -0.853. The molecule has 0 saturated heterocycles. The number of pyridine rings is 1. The van der Waals surface area contributed by atoms with Gasteiger partial charge < -0.3 is 5.11 Å². The first kappa shape index (κ1) is 12.6. The number of hydrogen-bond acceptors (Lipinski definition) is 2. The summed E-state index contributed by atoms with van der Waals surface area (Å²) in [4.78, 5) is 15.2. The molecule has 2 aromatic rings. The second kappa shape index (κ2) is 5.65. The first-order chi connectivity index (χ1) is 8.68. The van der Waals surface area contributed by atoms with Gasteiger partial charge in [0.25, 0.3) is 0 Å². The van der Waals surface area contributed by atoms with Crippen molar-refractivity contribution < 1.29 is 9.90 Å². The van der Waals surface area contributed by atoms with Gasteiger partial charge >= 0.3 is 5.97 Å². The molecule has 0 aliphatic carbocycles. The van der Waals surface area contributed by atoms with Crippen molar-refractivity contribution in [2.75, 3.05) is 0 Å². The third kappa shape index (κ3) is 2.87. The van der Waals surface area contributed by atoms with Crippen LogP contribution in [0.3, 0.4) is 0 Å². The molecule has 0 bridgehead atoms. The van der Waals surface area contributed by atoms with Crippen LogP contribution in [0.1, 0.15) is 17.0 Å². The maximum atomic E-state index is 11.4. The molecule has 0 fully saturated rings. The molecular weight excluding hydrogens is 250 g/mol. The van der Waals surface area contributed by atoms with Gasteiger partial charge in [-0.2, -0.15) is 0 Å². The predicted molar refractivity (Wildman–Crippen MR) is 69.8 cm³/mol. The van der Waals surface area contributed by atoms with Gasteiger partial charge in [0.05, 0.1) is 10.9 Å². The van der Waals surface area contributed by atoms with Gasteiger partial charge in [0, 0.05) is 12.4 Å². The van der Waals surface area contributed by atoms with Crippen LogP contribution in [0.5, 0.6) is 0 Å². The molecule has 1 unspecified atom stereocenters. The Bertz CT molecular complexity index is 543. The summed E-state index contributed by atoms with van der Waals surface area (Å²) < 4.78 is 0. The van der Waals surface area contributed by atoms with E-state index in [1.807, 2.05) is 30.3 Å². The lowest BCUT2D eigenvalue weighted by molar-refractivity contribution is -0.138. The van der Waals surface area contributed by atoms with Crippen LogP contribution in [0.15, 0.2) is 48.8 Å². The molecule has 1 atom stereocenters. The van der Waals surface area contributed by atoms with Crippen LogP contribution in [-0.2, 0) is 11.2 Å². The molecule has 1 N–H and O–H groups in total. The van der Waals surface area contributed by atoms with Crippen molar-refractivity contribution in [3.8, 4) is 0 Å². The lowest BCUT2D eigenvalue weighted by atomic mass is 9.92. The summed E-state index contributed by atoms with van der Waals surface area (Å²) >= 11 is 6.01. The maximum absolute atomic E-state index is 11.4. The zero-order chi connectivity index (χ0) is 13.0. The summed E-state index contributed by atoms with van der Waals surface area (Å²) in [5.41, 5.74) is 1.57. The third-order valence-corrected chi connectivity index (χ3v) is 3.12. The largest absolute Gasteiger partial charge is 0.481 e. The zero-order valence-corrected chi connectivity index (χ0v) is 10.3. The Hall–Kier alpha value is -1.87. The highest BCUT2D eigenvalue weighted by Crippen LogP contribution is 2.24. The number of rotatable bonds is 4. The number of nitrogens with zero attached hydrogens (tertiary/aromatic N) is 1. The van der Waals surface area contributed by atoms with E-state index < -0.39 is 11.9 Å². The molecule has 92 valence electrons. The molecule has 1 heterocycles. The molecule has 0 amide bonds. The molecule has 0 radical (unpaired) electrons. The Morgan fingerprint density at radius 1 is 1.28 bits per heavy atom. The van der Waals surface area contributed by atoms with Crippen molar-refractivity contribution in [2.24, 2.45) is 0 Å². The van der Waals surface area contributed by atoms with Gasteiger partial charge in [0.1, 0.15) is 0 Å². The van der Waals surface area contributed by atoms with Crippen LogP contribution in [0.25, 0.3) is 0 Å². The number of carbonyl (C=O) groups is 1. The molecular formula is C14H12ClNO2. The molecule has 18 heavy (non-hydrogen) atoms. The topological polar surface area (TPSA) is 50.2 Å². The van der Waals surface area contributed by atoms with Crippen LogP contribution in [0.4, 0.5) is 0 Å². The molecule has 0 spiro atoms. The standard InChI is InChI=1S/C14H12ClNO2/c15-13-9-16-7-6-11(13)8-12(14(17)18)10-4-2-1-3-5-10/h1-7,9,12H,8H2,(H,17,18). The van der Waals surface area contributed by atoms with Crippen LogP contribution in [0, 0.1) is 0 Å². The van der Waals surface area contributed by atoms with Gasteiger partial charge in [-0.3, -0.25) is 9.78 Å². The lowest BCUT2D eigenvalue weighted by Crippen LogP contribution is -2.14. The van der Waals surface area contributed by atoms with Crippen LogP contribution in [-0.4, -0.2) is 16.1 Å². The van der Waals surface area contributed by atoms with Gasteiger partial charge in [0.2, 0.25) is 0 Å². The van der Waals surface area contributed by atoms with Crippen molar-refractivity contribution in [2.45, 2.75) is 12.3 Å². The minimum absolute atomic E-state index is 0.362. The molecule has 0 aliphatic heterocycles. The number of aromatic nitrogens is 1. The molecule has 1 aromatic carbocycles. The lowest BCUT2D eigenvalue weighted by Gasteiger charge is -2.13. The van der Waals surface area contributed by atoms with Crippen molar-refractivity contribution in [3.05, 3.63) is 64.9 Å². The highest BCUT2D eigenvalue weighted by Gasteiger charge is 2.21. The fourth-order valence-corrected chi connectivity index (χ4v) is 2.02. The second-order valence-corrected chi connectivity index (χ2v) is 4.38. The normalized spacial score (nSPS) is 12.1. The molecule has 0 aliphatic rings. The fraction of sp³-hybridized carbons (Fsp3) is 0.143. The summed E-state index contributed by atoms with van der Waals surface area (Å²) in [6, 6.07) is 10.9. The number of halogens is 1. The summed E-state index contributed by atoms with van der Waals surface area (Å²) in [5, 5.41) is 9.82. The molecule has 3 nitrogen and oxygen atoms in total. The quantitative estimate of drug-likeness (QED) is 0.920. The monoisotopic (exact) mass is 261 g/mol. The van der Waals surface area contributed by atoms with Gasteiger partial charge in [0.15, 0.2) is 0 Å². The Morgan fingerprint density at radius 3 is 2.61 bits per heavy atom. The fourth-order valence-electron chi connectivity index (χ4n) is 1.82. The predicted octanol–water partition coefficient (Wildman–Crippen LogP) is 3.15.